The average molecular weight is 191 g/mol. The van der Waals surface area contributed by atoms with Crippen molar-refractivity contribution in [2.24, 2.45) is 10.9 Å². The number of hydrogen-bond donors (Lipinski definition) is 0. The normalized spacial score (nSPS) is 29.9. The highest BCUT2D eigenvalue weighted by atomic mass is 14.8. The van der Waals surface area contributed by atoms with Gasteiger partial charge in [-0.2, -0.15) is 0 Å². The van der Waals surface area contributed by atoms with E-state index in [0.717, 1.165) is 12.3 Å². The van der Waals surface area contributed by atoms with Gasteiger partial charge in [-0.3, -0.25) is 4.99 Å². The van der Waals surface area contributed by atoms with Crippen LogP contribution in [0.3, 0.4) is 0 Å². The van der Waals surface area contributed by atoms with Gasteiger partial charge in [-0.25, -0.2) is 0 Å². The van der Waals surface area contributed by atoms with E-state index in [1.54, 1.807) is 0 Å². The van der Waals surface area contributed by atoms with Gasteiger partial charge >= 0.3 is 0 Å². The number of hydrogen-bond acceptors (Lipinski definition) is 1. The van der Waals surface area contributed by atoms with Crippen LogP contribution in [-0.2, 0) is 0 Å². The Morgan fingerprint density at radius 1 is 0.929 bits per heavy atom. The highest BCUT2D eigenvalue weighted by Crippen LogP contribution is 2.29. The summed E-state index contributed by atoms with van der Waals surface area (Å²) in [6.45, 7) is 0. The Balaban J connectivity index is 1.93. The van der Waals surface area contributed by atoms with Crippen molar-refractivity contribution in [2.45, 2.75) is 57.4 Å². The molecular weight excluding hydrogens is 170 g/mol. The van der Waals surface area contributed by atoms with Gasteiger partial charge in [-0.15, -0.1) is 0 Å². The lowest BCUT2D eigenvalue weighted by molar-refractivity contribution is 0.379. The molecule has 2 aliphatic rings. The minimum absolute atomic E-state index is 0.604. The molecule has 1 aliphatic heterocycles. The van der Waals surface area contributed by atoms with E-state index in [0.29, 0.717) is 6.04 Å². The lowest BCUT2D eigenvalue weighted by atomic mass is 9.90. The smallest absolute Gasteiger partial charge is 0.0558 e. The van der Waals surface area contributed by atoms with Crippen molar-refractivity contribution < 1.29 is 0 Å². The van der Waals surface area contributed by atoms with E-state index >= 15 is 0 Å². The van der Waals surface area contributed by atoms with Crippen molar-refractivity contribution in [3.8, 4) is 0 Å². The number of nitrogens with zero attached hydrogens (tertiary/aromatic N) is 1. The van der Waals surface area contributed by atoms with Gasteiger partial charge in [0.25, 0.3) is 0 Å². The van der Waals surface area contributed by atoms with Crippen molar-refractivity contribution in [2.75, 3.05) is 0 Å². The monoisotopic (exact) mass is 191 g/mol. The molecule has 0 radical (unpaired) electrons. The Morgan fingerprint density at radius 2 is 1.71 bits per heavy atom. The van der Waals surface area contributed by atoms with E-state index in [1.165, 1.54) is 44.9 Å². The van der Waals surface area contributed by atoms with Crippen LogP contribution >= 0.6 is 0 Å². The molecule has 0 aromatic heterocycles. The predicted molar refractivity (Wildman–Crippen MR) is 61.8 cm³/mol. The van der Waals surface area contributed by atoms with Gasteiger partial charge < -0.3 is 0 Å². The largest absolute Gasteiger partial charge is 0.293 e. The topological polar surface area (TPSA) is 12.4 Å². The van der Waals surface area contributed by atoms with Crippen LogP contribution in [0.25, 0.3) is 0 Å². The van der Waals surface area contributed by atoms with Gasteiger partial charge in [0.15, 0.2) is 0 Å². The maximum atomic E-state index is 4.70. The first-order chi connectivity index (χ1) is 6.97. The molecule has 14 heavy (non-hydrogen) atoms. The molecule has 1 nitrogen and oxygen atoms in total. The molecule has 1 aliphatic carbocycles. The lowest BCUT2D eigenvalue weighted by Gasteiger charge is -2.20. The first-order valence-corrected chi connectivity index (χ1v) is 6.13. The third-order valence-electron chi connectivity index (χ3n) is 3.53. The molecule has 0 N–H and O–H groups in total. The summed E-state index contributed by atoms with van der Waals surface area (Å²) in [6, 6.07) is 0.604. The van der Waals surface area contributed by atoms with E-state index in [9.17, 15) is 0 Å². The second kappa shape index (κ2) is 5.33. The lowest BCUT2D eigenvalue weighted by Crippen LogP contribution is -2.17. The first-order valence-electron chi connectivity index (χ1n) is 6.13. The van der Waals surface area contributed by atoms with E-state index in [4.69, 9.17) is 4.99 Å². The van der Waals surface area contributed by atoms with Crippen LogP contribution in [0.2, 0.25) is 0 Å². The fourth-order valence-electron chi connectivity index (χ4n) is 2.66. The maximum Gasteiger partial charge on any atom is 0.0558 e. The third-order valence-corrected chi connectivity index (χ3v) is 3.53. The Labute approximate surface area is 87.3 Å². The Bertz CT molecular complexity index is 209. The van der Waals surface area contributed by atoms with Gasteiger partial charge in [0, 0.05) is 12.6 Å². The molecule has 1 atom stereocenters. The summed E-state index contributed by atoms with van der Waals surface area (Å²) in [6.07, 6.45) is 17.5. The molecule has 2 rings (SSSR count). The third kappa shape index (κ3) is 2.70. The predicted octanol–water partition coefficient (Wildman–Crippen LogP) is 3.75. The fourth-order valence-corrected chi connectivity index (χ4v) is 2.66. The van der Waals surface area contributed by atoms with Gasteiger partial charge in [0.1, 0.15) is 0 Å². The maximum absolute atomic E-state index is 4.70. The highest BCUT2D eigenvalue weighted by Gasteiger charge is 2.20. The van der Waals surface area contributed by atoms with Crippen LogP contribution in [0.1, 0.15) is 51.4 Å². The Kier molecular flexibility index (Phi) is 3.79. The van der Waals surface area contributed by atoms with E-state index < -0.39 is 0 Å². The van der Waals surface area contributed by atoms with Gasteiger partial charge in [0.2, 0.25) is 0 Å². The summed E-state index contributed by atoms with van der Waals surface area (Å²) in [4.78, 5) is 4.70. The second-order valence-electron chi connectivity index (χ2n) is 4.59. The second-order valence-corrected chi connectivity index (χ2v) is 4.59. The summed E-state index contributed by atoms with van der Waals surface area (Å²) >= 11 is 0. The summed E-state index contributed by atoms with van der Waals surface area (Å²) in [5.74, 6) is 0.872. The molecule has 1 heterocycles. The van der Waals surface area contributed by atoms with Crippen LogP contribution in [0, 0.1) is 5.92 Å². The zero-order valence-electron chi connectivity index (χ0n) is 8.99. The molecule has 1 heteroatoms. The van der Waals surface area contributed by atoms with E-state index in [-0.39, 0.29) is 0 Å². The fraction of sp³-hybridized carbons (Fsp3) is 0.769. The SMILES string of the molecule is C1=CCC(C2CCCCCC2)N=CC1. The summed E-state index contributed by atoms with van der Waals surface area (Å²) in [5.41, 5.74) is 0. The van der Waals surface area contributed by atoms with Gasteiger partial charge in [-0.05, 0) is 25.2 Å². The molecular formula is C13H21N. The quantitative estimate of drug-likeness (QED) is 0.442. The molecule has 0 aromatic rings. The molecule has 0 aromatic carbocycles. The minimum atomic E-state index is 0.604. The number of rotatable bonds is 1. The molecule has 1 fully saturated rings. The van der Waals surface area contributed by atoms with Crippen LogP contribution < -0.4 is 0 Å². The van der Waals surface area contributed by atoms with E-state index in [2.05, 4.69) is 18.4 Å². The Morgan fingerprint density at radius 3 is 2.50 bits per heavy atom. The summed E-state index contributed by atoms with van der Waals surface area (Å²) < 4.78 is 0. The van der Waals surface area contributed by atoms with Crippen molar-refractivity contribution in [1.29, 1.82) is 0 Å². The zero-order chi connectivity index (χ0) is 9.64. The van der Waals surface area contributed by atoms with Crippen molar-refractivity contribution in [3.05, 3.63) is 12.2 Å². The molecule has 0 amide bonds. The highest BCUT2D eigenvalue weighted by molar-refractivity contribution is 5.60. The van der Waals surface area contributed by atoms with Crippen LogP contribution in [0.4, 0.5) is 0 Å². The minimum Gasteiger partial charge on any atom is -0.293 e. The summed E-state index contributed by atoms with van der Waals surface area (Å²) in [7, 11) is 0. The van der Waals surface area contributed by atoms with Gasteiger partial charge in [-0.1, -0.05) is 37.8 Å². The van der Waals surface area contributed by atoms with Crippen molar-refractivity contribution in [3.63, 3.8) is 0 Å². The molecule has 0 spiro atoms. The zero-order valence-corrected chi connectivity index (χ0v) is 8.99. The molecule has 1 unspecified atom stereocenters. The molecule has 0 bridgehead atoms. The molecule has 0 saturated heterocycles. The van der Waals surface area contributed by atoms with Crippen molar-refractivity contribution >= 4 is 6.21 Å². The first kappa shape index (κ1) is 9.95. The van der Waals surface area contributed by atoms with Gasteiger partial charge in [0.05, 0.1) is 6.04 Å². The molecule has 78 valence electrons. The van der Waals surface area contributed by atoms with Crippen LogP contribution in [0.15, 0.2) is 17.1 Å². The Hall–Kier alpha value is -0.590. The standard InChI is InChI=1S/C13H21N/c1-2-5-9-12(8-4-1)13-10-6-3-7-11-14-13/h3,6,11-13H,1-2,4-5,7-10H2. The van der Waals surface area contributed by atoms with Crippen molar-refractivity contribution in [1.82, 2.24) is 0 Å². The molecule has 1 saturated carbocycles. The average Bonchev–Trinajstić information content (AvgIpc) is 2.62. The summed E-state index contributed by atoms with van der Waals surface area (Å²) in [5, 5.41) is 0. The number of allylic oxidation sites excluding steroid dienone is 1. The van der Waals surface area contributed by atoms with Crippen LogP contribution in [0.5, 0.6) is 0 Å². The van der Waals surface area contributed by atoms with Crippen LogP contribution in [-0.4, -0.2) is 12.3 Å². The number of aliphatic imine (C=N–C) groups is 1. The van der Waals surface area contributed by atoms with E-state index in [1.807, 2.05) is 0 Å².